The fourth-order valence-electron chi connectivity index (χ4n) is 1.56. The van der Waals surface area contributed by atoms with Crippen LogP contribution in [0, 0.1) is 0 Å². The van der Waals surface area contributed by atoms with Gasteiger partial charge in [0.15, 0.2) is 0 Å². The lowest BCUT2D eigenvalue weighted by Gasteiger charge is -2.11. The summed E-state index contributed by atoms with van der Waals surface area (Å²) in [7, 11) is 0. The topological polar surface area (TPSA) is 38.9 Å². The molecule has 0 radical (unpaired) electrons. The highest BCUT2D eigenvalue weighted by molar-refractivity contribution is 7.98. The Morgan fingerprint density at radius 2 is 1.86 bits per heavy atom. The number of alkyl halides is 3. The molecule has 0 aliphatic heterocycles. The molecular formula is C13H9Cl2F3N2S. The molecule has 2 N–H and O–H groups in total. The number of hydrogen-bond acceptors (Lipinski definition) is 3. The molecule has 1 aromatic carbocycles. The molecular weight excluding hydrogens is 344 g/mol. The lowest BCUT2D eigenvalue weighted by Crippen LogP contribution is -2.05. The minimum atomic E-state index is -4.41. The van der Waals surface area contributed by atoms with Gasteiger partial charge < -0.3 is 5.73 Å². The Kier molecular flexibility index (Phi) is 4.91. The zero-order chi connectivity index (χ0) is 15.6. The molecule has 8 heteroatoms. The molecule has 0 spiro atoms. The van der Waals surface area contributed by atoms with Gasteiger partial charge in [0.1, 0.15) is 5.15 Å². The van der Waals surface area contributed by atoms with Crippen LogP contribution in [0.25, 0.3) is 0 Å². The van der Waals surface area contributed by atoms with Gasteiger partial charge in [0.05, 0.1) is 16.3 Å². The van der Waals surface area contributed by atoms with Crippen LogP contribution in [-0.4, -0.2) is 4.98 Å². The lowest BCUT2D eigenvalue weighted by molar-refractivity contribution is -0.137. The molecule has 0 aliphatic carbocycles. The minimum absolute atomic E-state index is 0.0629. The fraction of sp³-hybridized carbons (Fsp3) is 0.154. The first kappa shape index (κ1) is 16.3. The molecule has 0 amide bonds. The molecule has 0 saturated carbocycles. The summed E-state index contributed by atoms with van der Waals surface area (Å²) in [5, 5.41) is 0.743. The van der Waals surface area contributed by atoms with E-state index in [0.717, 1.165) is 12.1 Å². The summed E-state index contributed by atoms with van der Waals surface area (Å²) in [4.78, 5) is 4.59. The first-order valence-corrected chi connectivity index (χ1v) is 7.42. The average Bonchev–Trinajstić information content (AvgIpc) is 2.40. The van der Waals surface area contributed by atoms with Crippen molar-refractivity contribution in [3.8, 4) is 0 Å². The Labute approximate surface area is 133 Å². The van der Waals surface area contributed by atoms with Gasteiger partial charge in [-0.3, -0.25) is 0 Å². The average molecular weight is 353 g/mol. The van der Waals surface area contributed by atoms with Crippen LogP contribution in [0.4, 0.5) is 18.9 Å². The molecule has 1 aromatic heterocycles. The number of hydrogen-bond donors (Lipinski definition) is 1. The molecule has 0 saturated heterocycles. The predicted molar refractivity (Wildman–Crippen MR) is 79.7 cm³/mol. The molecule has 21 heavy (non-hydrogen) atoms. The molecule has 0 bridgehead atoms. The number of nitrogens with zero attached hydrogens (tertiary/aromatic N) is 1. The maximum atomic E-state index is 12.5. The second kappa shape index (κ2) is 6.34. The van der Waals surface area contributed by atoms with Gasteiger partial charge in [-0.25, -0.2) is 4.98 Å². The van der Waals surface area contributed by atoms with Crippen molar-refractivity contribution in [1.82, 2.24) is 4.98 Å². The maximum Gasteiger partial charge on any atom is 0.416 e. The molecule has 112 valence electrons. The van der Waals surface area contributed by atoms with Crippen LogP contribution in [0.3, 0.4) is 0 Å². The Balaban J connectivity index is 2.15. The molecule has 2 rings (SSSR count). The number of rotatable bonds is 3. The van der Waals surface area contributed by atoms with E-state index in [1.54, 1.807) is 12.1 Å². The monoisotopic (exact) mass is 352 g/mol. The first-order chi connectivity index (χ1) is 9.77. The van der Waals surface area contributed by atoms with E-state index >= 15 is 0 Å². The molecule has 2 aromatic rings. The van der Waals surface area contributed by atoms with E-state index in [9.17, 15) is 13.2 Å². The van der Waals surface area contributed by atoms with E-state index in [4.69, 9.17) is 28.9 Å². The van der Waals surface area contributed by atoms with E-state index in [1.165, 1.54) is 17.8 Å². The Morgan fingerprint density at radius 1 is 1.14 bits per heavy atom. The Hall–Kier alpha value is -1.11. The summed E-state index contributed by atoms with van der Waals surface area (Å²) in [6.07, 6.45) is -4.41. The number of aromatic nitrogens is 1. The maximum absolute atomic E-state index is 12.5. The van der Waals surface area contributed by atoms with Crippen LogP contribution in [-0.2, 0) is 11.9 Å². The van der Waals surface area contributed by atoms with E-state index < -0.39 is 11.7 Å². The molecule has 0 fully saturated rings. The SMILES string of the molecule is Nc1cc(C(F)(F)F)ccc1SCc1nc(Cl)ccc1Cl. The van der Waals surface area contributed by atoms with Crippen LogP contribution < -0.4 is 5.73 Å². The van der Waals surface area contributed by atoms with Crippen molar-refractivity contribution in [2.45, 2.75) is 16.8 Å². The van der Waals surface area contributed by atoms with Crippen molar-refractivity contribution in [1.29, 1.82) is 0 Å². The largest absolute Gasteiger partial charge is 0.416 e. The fourth-order valence-corrected chi connectivity index (χ4v) is 2.88. The molecule has 0 aliphatic rings. The third kappa shape index (κ3) is 4.18. The van der Waals surface area contributed by atoms with Crippen LogP contribution in [0.5, 0.6) is 0 Å². The Morgan fingerprint density at radius 3 is 2.48 bits per heavy atom. The number of thioether (sulfide) groups is 1. The first-order valence-electron chi connectivity index (χ1n) is 5.68. The lowest BCUT2D eigenvalue weighted by atomic mass is 10.2. The number of pyridine rings is 1. The van der Waals surface area contributed by atoms with Gasteiger partial charge in [-0.05, 0) is 30.3 Å². The number of halogens is 5. The summed E-state index contributed by atoms with van der Waals surface area (Å²) in [6, 6.07) is 6.41. The second-order valence-electron chi connectivity index (χ2n) is 4.10. The summed E-state index contributed by atoms with van der Waals surface area (Å²) in [6.45, 7) is 0. The van der Waals surface area contributed by atoms with E-state index in [-0.39, 0.29) is 5.69 Å². The van der Waals surface area contributed by atoms with Crippen LogP contribution >= 0.6 is 35.0 Å². The molecule has 2 nitrogen and oxygen atoms in total. The summed E-state index contributed by atoms with van der Waals surface area (Å²) < 4.78 is 37.6. The zero-order valence-electron chi connectivity index (χ0n) is 10.4. The van der Waals surface area contributed by atoms with Crippen molar-refractivity contribution in [3.63, 3.8) is 0 Å². The molecule has 0 unspecified atom stereocenters. The van der Waals surface area contributed by atoms with Gasteiger partial charge in [-0.2, -0.15) is 13.2 Å². The van der Waals surface area contributed by atoms with E-state index in [0.29, 0.717) is 26.5 Å². The van der Waals surface area contributed by atoms with Crippen LogP contribution in [0.2, 0.25) is 10.2 Å². The highest BCUT2D eigenvalue weighted by atomic mass is 35.5. The standard InChI is InChI=1S/C13H9Cl2F3N2S/c14-8-2-4-12(15)20-10(8)6-21-11-3-1-7(5-9(11)19)13(16,17)18/h1-5H,6,19H2. The van der Waals surface area contributed by atoms with Crippen molar-refractivity contribution < 1.29 is 13.2 Å². The molecule has 1 heterocycles. The summed E-state index contributed by atoms with van der Waals surface area (Å²) in [5.41, 5.74) is 5.49. The number of anilines is 1. The highest BCUT2D eigenvalue weighted by Crippen LogP contribution is 2.35. The van der Waals surface area contributed by atoms with Crippen molar-refractivity contribution in [2.75, 3.05) is 5.73 Å². The van der Waals surface area contributed by atoms with Crippen molar-refractivity contribution in [2.24, 2.45) is 0 Å². The van der Waals surface area contributed by atoms with E-state index in [1.807, 2.05) is 0 Å². The number of nitrogens with two attached hydrogens (primary N) is 1. The summed E-state index contributed by atoms with van der Waals surface area (Å²) in [5.74, 6) is 0.356. The normalized spacial score (nSPS) is 11.7. The van der Waals surface area contributed by atoms with Gasteiger partial charge in [0.2, 0.25) is 0 Å². The second-order valence-corrected chi connectivity index (χ2v) is 5.91. The smallest absolute Gasteiger partial charge is 0.398 e. The third-order valence-corrected chi connectivity index (χ3v) is 4.24. The van der Waals surface area contributed by atoms with Gasteiger partial charge in [0.25, 0.3) is 0 Å². The van der Waals surface area contributed by atoms with Crippen molar-refractivity contribution >= 4 is 40.7 Å². The van der Waals surface area contributed by atoms with Crippen LogP contribution in [0.15, 0.2) is 35.2 Å². The molecule has 0 atom stereocenters. The van der Waals surface area contributed by atoms with Crippen molar-refractivity contribution in [3.05, 3.63) is 51.8 Å². The highest BCUT2D eigenvalue weighted by Gasteiger charge is 2.30. The number of nitrogen functional groups attached to an aromatic ring is 1. The van der Waals surface area contributed by atoms with Gasteiger partial charge >= 0.3 is 6.18 Å². The van der Waals surface area contributed by atoms with Gasteiger partial charge in [0, 0.05) is 16.3 Å². The zero-order valence-corrected chi connectivity index (χ0v) is 12.7. The number of benzene rings is 1. The van der Waals surface area contributed by atoms with Crippen LogP contribution in [0.1, 0.15) is 11.3 Å². The van der Waals surface area contributed by atoms with Gasteiger partial charge in [-0.15, -0.1) is 11.8 Å². The quantitative estimate of drug-likeness (QED) is 0.463. The Bertz CT molecular complexity index is 662. The van der Waals surface area contributed by atoms with Gasteiger partial charge in [-0.1, -0.05) is 23.2 Å². The van der Waals surface area contributed by atoms with E-state index in [2.05, 4.69) is 4.98 Å². The third-order valence-electron chi connectivity index (χ3n) is 2.59. The minimum Gasteiger partial charge on any atom is -0.398 e. The predicted octanol–water partition coefficient (Wildman–Crippen LogP) is 5.28. The summed E-state index contributed by atoms with van der Waals surface area (Å²) >= 11 is 13.0.